The Morgan fingerprint density at radius 3 is 2.48 bits per heavy atom. The number of carboxylic acid groups (broad SMARTS) is 1. The number of non-ortho nitro benzene ring substituents is 1. The highest BCUT2D eigenvalue weighted by Gasteiger charge is 2.21. The summed E-state index contributed by atoms with van der Waals surface area (Å²) in [6.07, 6.45) is 1.11. The van der Waals surface area contributed by atoms with Crippen molar-refractivity contribution in [1.29, 1.82) is 0 Å². The zero-order valence-electron chi connectivity index (χ0n) is 11.1. The van der Waals surface area contributed by atoms with Gasteiger partial charge in [0.25, 0.3) is 11.6 Å². The van der Waals surface area contributed by atoms with Gasteiger partial charge in [-0.05, 0) is 0 Å². The molecule has 0 fully saturated rings. The van der Waals surface area contributed by atoms with Gasteiger partial charge < -0.3 is 5.11 Å². The number of thiazole rings is 1. The number of aliphatic carboxylic acids is 1. The molecule has 0 aliphatic rings. The van der Waals surface area contributed by atoms with Crippen LogP contribution in [0, 0.1) is 10.1 Å². The van der Waals surface area contributed by atoms with Crippen LogP contribution in [0.2, 0.25) is 10.0 Å². The number of nitro benzene ring substituents is 1. The Hall–Kier alpha value is -2.23. The van der Waals surface area contributed by atoms with Gasteiger partial charge in [-0.15, -0.1) is 11.3 Å². The smallest absolute Gasteiger partial charge is 0.308 e. The molecule has 1 aromatic heterocycles. The van der Waals surface area contributed by atoms with E-state index >= 15 is 0 Å². The van der Waals surface area contributed by atoms with Crippen LogP contribution in [0.25, 0.3) is 0 Å². The number of halogens is 2. The summed E-state index contributed by atoms with van der Waals surface area (Å²) in [5, 5.41) is 21.6. The monoisotopic (exact) mass is 375 g/mol. The van der Waals surface area contributed by atoms with Crippen LogP contribution in [0.15, 0.2) is 18.3 Å². The predicted molar refractivity (Wildman–Crippen MR) is 84.5 cm³/mol. The van der Waals surface area contributed by atoms with Gasteiger partial charge in [-0.1, -0.05) is 23.2 Å². The van der Waals surface area contributed by atoms with Crippen molar-refractivity contribution in [3.05, 3.63) is 48.9 Å². The lowest BCUT2D eigenvalue weighted by Crippen LogP contribution is -2.13. The van der Waals surface area contributed by atoms with Crippen LogP contribution in [0.1, 0.15) is 15.2 Å². The van der Waals surface area contributed by atoms with Gasteiger partial charge in [0.1, 0.15) is 0 Å². The van der Waals surface area contributed by atoms with Crippen molar-refractivity contribution in [2.24, 2.45) is 0 Å². The molecule has 8 nitrogen and oxygen atoms in total. The van der Waals surface area contributed by atoms with E-state index in [1.54, 1.807) is 0 Å². The van der Waals surface area contributed by atoms with Crippen LogP contribution in [-0.2, 0) is 11.2 Å². The molecule has 0 aliphatic carbocycles. The Kier molecular flexibility index (Phi) is 5.14. The van der Waals surface area contributed by atoms with Crippen LogP contribution in [-0.4, -0.2) is 26.9 Å². The summed E-state index contributed by atoms with van der Waals surface area (Å²) in [7, 11) is 0. The average molecular weight is 376 g/mol. The SMILES string of the molecule is O=C(O)Cc1cnc(NC(=O)c2c(Cl)cc([N+](=O)[O-])cc2Cl)s1. The van der Waals surface area contributed by atoms with Crippen LogP contribution in [0.5, 0.6) is 0 Å². The molecule has 11 heteroatoms. The highest BCUT2D eigenvalue weighted by molar-refractivity contribution is 7.15. The maximum Gasteiger partial charge on any atom is 0.308 e. The molecule has 0 radical (unpaired) electrons. The molecule has 0 saturated heterocycles. The minimum absolute atomic E-state index is 0.131. The molecule has 1 amide bonds. The summed E-state index contributed by atoms with van der Waals surface area (Å²) in [4.78, 5) is 37.1. The number of carbonyl (C=O) groups excluding carboxylic acids is 1. The molecular formula is C12H7Cl2N3O5S. The van der Waals surface area contributed by atoms with E-state index in [4.69, 9.17) is 28.3 Å². The Morgan fingerprint density at radius 2 is 1.96 bits per heavy atom. The van der Waals surface area contributed by atoms with E-state index in [-0.39, 0.29) is 32.8 Å². The molecule has 23 heavy (non-hydrogen) atoms. The second kappa shape index (κ2) is 6.90. The first kappa shape index (κ1) is 17.1. The molecule has 2 aromatic rings. The number of carboxylic acids is 1. The molecule has 0 aliphatic heterocycles. The van der Waals surface area contributed by atoms with Crippen molar-refractivity contribution >= 4 is 57.2 Å². The van der Waals surface area contributed by atoms with Crippen LogP contribution >= 0.6 is 34.5 Å². The van der Waals surface area contributed by atoms with Gasteiger partial charge in [-0.25, -0.2) is 4.98 Å². The highest BCUT2D eigenvalue weighted by atomic mass is 35.5. The molecule has 2 N–H and O–H groups in total. The van der Waals surface area contributed by atoms with E-state index in [9.17, 15) is 19.7 Å². The lowest BCUT2D eigenvalue weighted by molar-refractivity contribution is -0.384. The summed E-state index contributed by atoms with van der Waals surface area (Å²) >= 11 is 12.7. The summed E-state index contributed by atoms with van der Waals surface area (Å²) in [5.41, 5.74) is -0.469. The van der Waals surface area contributed by atoms with Gasteiger partial charge in [0.2, 0.25) is 0 Å². The quantitative estimate of drug-likeness (QED) is 0.610. The van der Waals surface area contributed by atoms with Gasteiger partial charge >= 0.3 is 5.97 Å². The van der Waals surface area contributed by atoms with Crippen molar-refractivity contribution in [2.75, 3.05) is 5.32 Å². The molecule has 2 rings (SSSR count). The van der Waals surface area contributed by atoms with Gasteiger partial charge in [-0.2, -0.15) is 0 Å². The number of aromatic nitrogens is 1. The summed E-state index contributed by atoms with van der Waals surface area (Å²) in [5.74, 6) is -1.72. The highest BCUT2D eigenvalue weighted by Crippen LogP contribution is 2.31. The van der Waals surface area contributed by atoms with E-state index in [0.717, 1.165) is 23.5 Å². The number of nitro groups is 1. The van der Waals surface area contributed by atoms with Gasteiger partial charge in [0.15, 0.2) is 5.13 Å². The van der Waals surface area contributed by atoms with Crippen molar-refractivity contribution < 1.29 is 19.6 Å². The number of rotatable bonds is 5. The van der Waals surface area contributed by atoms with E-state index < -0.39 is 16.8 Å². The fourth-order valence-electron chi connectivity index (χ4n) is 1.64. The van der Waals surface area contributed by atoms with Gasteiger partial charge in [0.05, 0.1) is 27.0 Å². The summed E-state index contributed by atoms with van der Waals surface area (Å²) in [6.45, 7) is 0. The first-order valence-corrected chi connectivity index (χ1v) is 7.46. The Bertz CT molecular complexity index is 785. The Labute approximate surface area is 142 Å². The molecule has 0 unspecified atom stereocenters. The number of carbonyl (C=O) groups is 2. The van der Waals surface area contributed by atoms with Gasteiger partial charge in [0, 0.05) is 23.2 Å². The van der Waals surface area contributed by atoms with Crippen LogP contribution < -0.4 is 5.32 Å². The number of hydrogen-bond donors (Lipinski definition) is 2. The maximum absolute atomic E-state index is 12.2. The standard InChI is InChI=1S/C12H7Cl2N3O5S/c13-7-1-5(17(21)22)2-8(14)10(7)11(20)16-12-15-4-6(23-12)3-9(18)19/h1-2,4H,3H2,(H,18,19)(H,15,16,20). The fourth-order valence-corrected chi connectivity index (χ4v) is 3.08. The molecular weight excluding hydrogens is 369 g/mol. The average Bonchev–Trinajstić information content (AvgIpc) is 2.83. The third-order valence-electron chi connectivity index (χ3n) is 2.56. The fraction of sp³-hybridized carbons (Fsp3) is 0.0833. The minimum atomic E-state index is -1.02. The number of nitrogens with zero attached hydrogens (tertiary/aromatic N) is 2. The summed E-state index contributed by atoms with van der Waals surface area (Å²) < 4.78 is 0. The second-order valence-electron chi connectivity index (χ2n) is 4.20. The largest absolute Gasteiger partial charge is 0.481 e. The first-order valence-electron chi connectivity index (χ1n) is 5.89. The zero-order valence-corrected chi connectivity index (χ0v) is 13.4. The Balaban J connectivity index is 2.22. The van der Waals surface area contributed by atoms with E-state index in [2.05, 4.69) is 10.3 Å². The first-order chi connectivity index (χ1) is 10.8. The summed E-state index contributed by atoms with van der Waals surface area (Å²) in [6, 6.07) is 2.03. The molecule has 0 spiro atoms. The normalized spacial score (nSPS) is 10.3. The minimum Gasteiger partial charge on any atom is -0.481 e. The third kappa shape index (κ3) is 4.15. The number of anilines is 1. The van der Waals surface area contributed by atoms with Crippen molar-refractivity contribution in [3.63, 3.8) is 0 Å². The molecule has 0 saturated carbocycles. The van der Waals surface area contributed by atoms with E-state index in [0.29, 0.717) is 4.88 Å². The van der Waals surface area contributed by atoms with E-state index in [1.165, 1.54) is 6.20 Å². The molecule has 0 bridgehead atoms. The van der Waals surface area contributed by atoms with E-state index in [1.807, 2.05) is 0 Å². The molecule has 120 valence electrons. The maximum atomic E-state index is 12.2. The van der Waals surface area contributed by atoms with Crippen LogP contribution in [0.4, 0.5) is 10.8 Å². The van der Waals surface area contributed by atoms with Crippen molar-refractivity contribution in [3.8, 4) is 0 Å². The van der Waals surface area contributed by atoms with Gasteiger partial charge in [-0.3, -0.25) is 25.0 Å². The predicted octanol–water partition coefficient (Wildman–Crippen LogP) is 3.24. The number of benzene rings is 1. The Morgan fingerprint density at radius 1 is 1.35 bits per heavy atom. The lowest BCUT2D eigenvalue weighted by Gasteiger charge is -2.06. The number of hydrogen-bond acceptors (Lipinski definition) is 6. The molecule has 1 aromatic carbocycles. The molecule has 0 atom stereocenters. The zero-order chi connectivity index (χ0) is 17.1. The number of nitrogens with one attached hydrogen (secondary N) is 1. The van der Waals surface area contributed by atoms with Crippen molar-refractivity contribution in [2.45, 2.75) is 6.42 Å². The topological polar surface area (TPSA) is 122 Å². The lowest BCUT2D eigenvalue weighted by atomic mass is 10.2. The third-order valence-corrected chi connectivity index (χ3v) is 4.07. The van der Waals surface area contributed by atoms with Crippen LogP contribution in [0.3, 0.4) is 0 Å². The van der Waals surface area contributed by atoms with Crippen molar-refractivity contribution in [1.82, 2.24) is 4.98 Å². The number of amides is 1. The molecule has 1 heterocycles. The second-order valence-corrected chi connectivity index (χ2v) is 6.13.